The Morgan fingerprint density at radius 1 is 1.39 bits per heavy atom. The summed E-state index contributed by atoms with van der Waals surface area (Å²) in [7, 11) is 0. The van der Waals surface area contributed by atoms with Gasteiger partial charge in [0.1, 0.15) is 6.23 Å². The van der Waals surface area contributed by atoms with Gasteiger partial charge in [0.25, 0.3) is 5.56 Å². The SMILES string of the molecule is C[C@@H]1[C@H](CO)[C@@H](CO)O[C@H]1n1ccc(=O)[nH]c1=O. The maximum atomic E-state index is 11.7. The molecule has 100 valence electrons. The fourth-order valence-corrected chi connectivity index (χ4v) is 2.36. The van der Waals surface area contributed by atoms with Gasteiger partial charge in [-0.15, -0.1) is 0 Å². The molecule has 1 aliphatic heterocycles. The van der Waals surface area contributed by atoms with Crippen LogP contribution in [0.1, 0.15) is 13.2 Å². The average molecular weight is 256 g/mol. The van der Waals surface area contributed by atoms with Gasteiger partial charge >= 0.3 is 5.69 Å². The molecule has 0 bridgehead atoms. The van der Waals surface area contributed by atoms with E-state index in [1.54, 1.807) is 0 Å². The van der Waals surface area contributed by atoms with E-state index in [0.717, 1.165) is 0 Å². The van der Waals surface area contributed by atoms with Gasteiger partial charge < -0.3 is 14.9 Å². The van der Waals surface area contributed by atoms with Gasteiger partial charge in [-0.05, 0) is 0 Å². The second-order valence-electron chi connectivity index (χ2n) is 4.47. The van der Waals surface area contributed by atoms with Gasteiger partial charge in [0.2, 0.25) is 0 Å². The Morgan fingerprint density at radius 3 is 2.61 bits per heavy atom. The second-order valence-corrected chi connectivity index (χ2v) is 4.47. The van der Waals surface area contributed by atoms with Crippen LogP contribution >= 0.6 is 0 Å². The Kier molecular flexibility index (Phi) is 3.65. The van der Waals surface area contributed by atoms with E-state index in [9.17, 15) is 19.8 Å². The molecule has 3 N–H and O–H groups in total. The first-order valence-corrected chi connectivity index (χ1v) is 5.77. The number of aliphatic hydroxyl groups excluding tert-OH is 2. The van der Waals surface area contributed by atoms with E-state index in [0.29, 0.717) is 0 Å². The van der Waals surface area contributed by atoms with Gasteiger partial charge in [-0.2, -0.15) is 0 Å². The summed E-state index contributed by atoms with van der Waals surface area (Å²) in [5, 5.41) is 18.5. The Bertz CT molecular complexity index is 523. The summed E-state index contributed by atoms with van der Waals surface area (Å²) in [4.78, 5) is 24.8. The van der Waals surface area contributed by atoms with E-state index >= 15 is 0 Å². The van der Waals surface area contributed by atoms with Crippen LogP contribution in [0.4, 0.5) is 0 Å². The lowest BCUT2D eigenvalue weighted by Crippen LogP contribution is -2.33. The third kappa shape index (κ3) is 2.12. The molecule has 1 saturated heterocycles. The summed E-state index contributed by atoms with van der Waals surface area (Å²) in [6.45, 7) is 1.49. The van der Waals surface area contributed by atoms with Gasteiger partial charge in [-0.1, -0.05) is 6.92 Å². The zero-order valence-corrected chi connectivity index (χ0v) is 9.94. The van der Waals surface area contributed by atoms with Crippen molar-refractivity contribution < 1.29 is 14.9 Å². The molecule has 18 heavy (non-hydrogen) atoms. The van der Waals surface area contributed by atoms with Crippen molar-refractivity contribution in [2.45, 2.75) is 19.3 Å². The number of nitrogens with one attached hydrogen (secondary N) is 1. The topological polar surface area (TPSA) is 105 Å². The molecule has 0 radical (unpaired) electrons. The molecule has 1 aliphatic rings. The first kappa shape index (κ1) is 13.0. The molecule has 4 atom stereocenters. The zero-order chi connectivity index (χ0) is 13.3. The minimum atomic E-state index is -0.594. The number of ether oxygens (including phenoxy) is 1. The van der Waals surface area contributed by atoms with E-state index in [1.165, 1.54) is 16.8 Å². The van der Waals surface area contributed by atoms with Crippen molar-refractivity contribution in [1.82, 2.24) is 9.55 Å². The summed E-state index contributed by atoms with van der Waals surface area (Å²) in [5.74, 6) is -0.380. The number of aromatic amines is 1. The molecule has 2 heterocycles. The molecule has 7 nitrogen and oxygen atoms in total. The summed E-state index contributed by atoms with van der Waals surface area (Å²) < 4.78 is 6.83. The highest BCUT2D eigenvalue weighted by Gasteiger charge is 2.42. The monoisotopic (exact) mass is 256 g/mol. The first-order valence-electron chi connectivity index (χ1n) is 5.77. The minimum absolute atomic E-state index is 0.124. The Hall–Kier alpha value is -1.44. The van der Waals surface area contributed by atoms with Crippen molar-refractivity contribution in [3.8, 4) is 0 Å². The molecule has 0 aliphatic carbocycles. The molecular weight excluding hydrogens is 240 g/mol. The van der Waals surface area contributed by atoms with Crippen LogP contribution in [0.15, 0.2) is 21.9 Å². The van der Waals surface area contributed by atoms with E-state index in [1.807, 2.05) is 6.92 Å². The molecule has 0 spiro atoms. The molecule has 1 fully saturated rings. The second kappa shape index (κ2) is 5.05. The number of rotatable bonds is 3. The number of aromatic nitrogens is 2. The zero-order valence-electron chi connectivity index (χ0n) is 9.94. The molecule has 7 heteroatoms. The van der Waals surface area contributed by atoms with E-state index in [4.69, 9.17) is 4.74 Å². The third-order valence-electron chi connectivity index (χ3n) is 3.43. The van der Waals surface area contributed by atoms with E-state index < -0.39 is 23.6 Å². The van der Waals surface area contributed by atoms with Crippen LogP contribution in [0, 0.1) is 11.8 Å². The Morgan fingerprint density at radius 2 is 2.11 bits per heavy atom. The quantitative estimate of drug-likeness (QED) is 0.621. The van der Waals surface area contributed by atoms with Crippen LogP contribution < -0.4 is 11.2 Å². The summed E-state index contributed by atoms with van der Waals surface area (Å²) in [6, 6.07) is 1.23. The van der Waals surface area contributed by atoms with Gasteiger partial charge in [-0.25, -0.2) is 4.79 Å². The van der Waals surface area contributed by atoms with Gasteiger partial charge in [-0.3, -0.25) is 14.3 Å². The van der Waals surface area contributed by atoms with Crippen LogP contribution in [-0.2, 0) is 4.74 Å². The number of hydrogen-bond donors (Lipinski definition) is 3. The van der Waals surface area contributed by atoms with Gasteiger partial charge in [0, 0.05) is 30.7 Å². The maximum absolute atomic E-state index is 11.7. The Balaban J connectivity index is 2.34. The van der Waals surface area contributed by atoms with Crippen molar-refractivity contribution in [3.05, 3.63) is 33.1 Å². The highest BCUT2D eigenvalue weighted by molar-refractivity contribution is 4.91. The van der Waals surface area contributed by atoms with E-state index in [-0.39, 0.29) is 25.0 Å². The summed E-state index contributed by atoms with van der Waals surface area (Å²) >= 11 is 0. The Labute approximate surface area is 103 Å². The normalized spacial score (nSPS) is 31.7. The van der Waals surface area contributed by atoms with Crippen molar-refractivity contribution in [2.75, 3.05) is 13.2 Å². The average Bonchev–Trinajstić information content (AvgIpc) is 2.66. The number of hydrogen-bond acceptors (Lipinski definition) is 5. The predicted octanol–water partition coefficient (Wildman–Crippen LogP) is -1.33. The molecule has 0 saturated carbocycles. The molecule has 0 amide bonds. The third-order valence-corrected chi connectivity index (χ3v) is 3.43. The van der Waals surface area contributed by atoms with Crippen LogP contribution in [0.25, 0.3) is 0 Å². The van der Waals surface area contributed by atoms with Crippen LogP contribution in [0.5, 0.6) is 0 Å². The van der Waals surface area contributed by atoms with Crippen molar-refractivity contribution in [1.29, 1.82) is 0 Å². The summed E-state index contributed by atoms with van der Waals surface area (Å²) in [6.07, 6.45) is 0.258. The molecule has 0 aromatic carbocycles. The molecule has 1 aromatic rings. The minimum Gasteiger partial charge on any atom is -0.396 e. The van der Waals surface area contributed by atoms with Crippen LogP contribution in [-0.4, -0.2) is 39.1 Å². The molecular formula is C11H16N2O5. The van der Waals surface area contributed by atoms with Gasteiger partial charge in [0.15, 0.2) is 0 Å². The van der Waals surface area contributed by atoms with Crippen LogP contribution in [0.3, 0.4) is 0 Å². The first-order chi connectivity index (χ1) is 8.58. The number of nitrogens with zero attached hydrogens (tertiary/aromatic N) is 1. The summed E-state index contributed by atoms with van der Waals surface area (Å²) in [5.41, 5.74) is -1.03. The van der Waals surface area contributed by atoms with Gasteiger partial charge in [0.05, 0.1) is 12.7 Å². The van der Waals surface area contributed by atoms with Crippen molar-refractivity contribution in [3.63, 3.8) is 0 Å². The van der Waals surface area contributed by atoms with Crippen molar-refractivity contribution in [2.24, 2.45) is 11.8 Å². The molecule has 1 aromatic heterocycles. The predicted molar refractivity (Wildman–Crippen MR) is 62.1 cm³/mol. The number of H-pyrrole nitrogens is 1. The number of aliphatic hydroxyl groups is 2. The lowest BCUT2D eigenvalue weighted by atomic mass is 9.92. The van der Waals surface area contributed by atoms with Crippen molar-refractivity contribution >= 4 is 0 Å². The highest BCUT2D eigenvalue weighted by Crippen LogP contribution is 2.37. The molecule has 2 rings (SSSR count). The maximum Gasteiger partial charge on any atom is 0.330 e. The standard InChI is InChI=1S/C11H16N2O5/c1-6-7(4-14)8(5-15)18-10(6)13-3-2-9(16)12-11(13)17/h2-3,6-8,10,14-15H,4-5H2,1H3,(H,12,16,17)/t6-,7+,8-,10-/m1/s1. The largest absolute Gasteiger partial charge is 0.396 e. The van der Waals surface area contributed by atoms with E-state index in [2.05, 4.69) is 4.98 Å². The lowest BCUT2D eigenvalue weighted by molar-refractivity contribution is -0.0409. The fraction of sp³-hybridized carbons (Fsp3) is 0.636. The smallest absolute Gasteiger partial charge is 0.330 e. The molecule has 0 unspecified atom stereocenters. The van der Waals surface area contributed by atoms with Crippen LogP contribution in [0.2, 0.25) is 0 Å². The fourth-order valence-electron chi connectivity index (χ4n) is 2.36. The lowest BCUT2D eigenvalue weighted by Gasteiger charge is -2.18. The highest BCUT2D eigenvalue weighted by atomic mass is 16.5.